The second-order valence-electron chi connectivity index (χ2n) is 5.32. The van der Waals surface area contributed by atoms with Crippen LogP contribution in [0.1, 0.15) is 24.6 Å². The molecule has 0 aliphatic carbocycles. The van der Waals surface area contributed by atoms with Gasteiger partial charge in [0.2, 0.25) is 0 Å². The van der Waals surface area contributed by atoms with E-state index in [2.05, 4.69) is 22.4 Å². The van der Waals surface area contributed by atoms with Gasteiger partial charge in [-0.2, -0.15) is 0 Å². The minimum absolute atomic E-state index is 0.368. The molecule has 21 heavy (non-hydrogen) atoms. The highest BCUT2D eigenvalue weighted by molar-refractivity contribution is 6.30. The summed E-state index contributed by atoms with van der Waals surface area (Å²) in [7, 11) is 0. The second kappa shape index (κ2) is 5.13. The molecule has 4 heterocycles. The Morgan fingerprint density at radius 2 is 2.19 bits per heavy atom. The maximum absolute atomic E-state index is 6.09. The summed E-state index contributed by atoms with van der Waals surface area (Å²) in [6, 6.07) is 10.3. The minimum atomic E-state index is 0.368. The lowest BCUT2D eigenvalue weighted by atomic mass is 10.1. The molecule has 0 aromatic carbocycles. The van der Waals surface area contributed by atoms with Crippen LogP contribution in [-0.2, 0) is 0 Å². The Bertz CT molecular complexity index is 790. The number of pyridine rings is 2. The highest BCUT2D eigenvalue weighted by Gasteiger charge is 2.18. The van der Waals surface area contributed by atoms with Crippen LogP contribution in [0.2, 0.25) is 5.02 Å². The number of aromatic nitrogens is 3. The molecule has 0 radical (unpaired) electrons. The van der Waals surface area contributed by atoms with Crippen molar-refractivity contribution in [1.29, 1.82) is 0 Å². The molecule has 4 rings (SSSR count). The summed E-state index contributed by atoms with van der Waals surface area (Å²) in [5.74, 6) is 0. The standard InChI is InChI=1S/C16H15ClN4/c17-11-6-7-16-19-9-15(21(16)10-11)14-4-1-3-13(20-14)12-5-2-8-18-12/h1,3-4,6-7,9-10,12,18H,2,5,8H2/t12-/m1/s1. The molecule has 106 valence electrons. The molecule has 0 unspecified atom stereocenters. The number of nitrogens with zero attached hydrogens (tertiary/aromatic N) is 3. The van der Waals surface area contributed by atoms with Crippen LogP contribution in [0, 0.1) is 0 Å². The van der Waals surface area contributed by atoms with Gasteiger partial charge in [-0.1, -0.05) is 17.7 Å². The Hall–Kier alpha value is -1.91. The third-order valence-corrected chi connectivity index (χ3v) is 4.14. The molecule has 4 nitrogen and oxygen atoms in total. The summed E-state index contributed by atoms with van der Waals surface area (Å²) in [6.45, 7) is 1.07. The van der Waals surface area contributed by atoms with Crippen LogP contribution in [0.3, 0.4) is 0 Å². The predicted octanol–water partition coefficient (Wildman–Crippen LogP) is 3.47. The van der Waals surface area contributed by atoms with Crippen LogP contribution in [0.4, 0.5) is 0 Å². The second-order valence-corrected chi connectivity index (χ2v) is 5.75. The predicted molar refractivity (Wildman–Crippen MR) is 83.4 cm³/mol. The van der Waals surface area contributed by atoms with Crippen LogP contribution < -0.4 is 5.32 Å². The van der Waals surface area contributed by atoms with E-state index in [0.717, 1.165) is 35.7 Å². The molecule has 1 N–H and O–H groups in total. The van der Waals surface area contributed by atoms with Gasteiger partial charge in [-0.05, 0) is 43.7 Å². The number of imidazole rings is 1. The van der Waals surface area contributed by atoms with Crippen molar-refractivity contribution in [3.63, 3.8) is 0 Å². The maximum Gasteiger partial charge on any atom is 0.137 e. The van der Waals surface area contributed by atoms with Crippen LogP contribution in [0.15, 0.2) is 42.7 Å². The first-order chi connectivity index (χ1) is 10.3. The van der Waals surface area contributed by atoms with E-state index in [1.165, 1.54) is 6.42 Å². The minimum Gasteiger partial charge on any atom is -0.309 e. The highest BCUT2D eigenvalue weighted by Crippen LogP contribution is 2.25. The van der Waals surface area contributed by atoms with E-state index in [1.807, 2.05) is 35.0 Å². The van der Waals surface area contributed by atoms with E-state index in [9.17, 15) is 0 Å². The number of hydrogen-bond donors (Lipinski definition) is 1. The van der Waals surface area contributed by atoms with Gasteiger partial charge in [0.1, 0.15) is 5.65 Å². The van der Waals surface area contributed by atoms with Crippen molar-refractivity contribution >= 4 is 17.2 Å². The first kappa shape index (κ1) is 12.8. The molecule has 1 aliphatic heterocycles. The Morgan fingerprint density at radius 3 is 3.05 bits per heavy atom. The number of nitrogens with one attached hydrogen (secondary N) is 1. The Morgan fingerprint density at radius 1 is 1.24 bits per heavy atom. The van der Waals surface area contributed by atoms with Crippen molar-refractivity contribution in [1.82, 2.24) is 19.7 Å². The van der Waals surface area contributed by atoms with Gasteiger partial charge >= 0.3 is 0 Å². The number of hydrogen-bond acceptors (Lipinski definition) is 3. The molecule has 1 saturated heterocycles. The lowest BCUT2D eigenvalue weighted by Crippen LogP contribution is -2.14. The van der Waals surface area contributed by atoms with E-state index < -0.39 is 0 Å². The van der Waals surface area contributed by atoms with Crippen molar-refractivity contribution < 1.29 is 0 Å². The van der Waals surface area contributed by atoms with Gasteiger partial charge in [-0.3, -0.25) is 4.40 Å². The lowest BCUT2D eigenvalue weighted by Gasteiger charge is -2.11. The summed E-state index contributed by atoms with van der Waals surface area (Å²) < 4.78 is 1.98. The quantitative estimate of drug-likeness (QED) is 0.787. The van der Waals surface area contributed by atoms with Crippen molar-refractivity contribution in [2.75, 3.05) is 6.54 Å². The number of fused-ring (bicyclic) bond motifs is 1. The fourth-order valence-electron chi connectivity index (χ4n) is 2.87. The average molecular weight is 299 g/mol. The monoisotopic (exact) mass is 298 g/mol. The van der Waals surface area contributed by atoms with Gasteiger partial charge in [-0.15, -0.1) is 0 Å². The molecule has 0 bridgehead atoms. The largest absolute Gasteiger partial charge is 0.309 e. The molecule has 1 fully saturated rings. The maximum atomic E-state index is 6.09. The third kappa shape index (κ3) is 2.30. The summed E-state index contributed by atoms with van der Waals surface area (Å²) in [4.78, 5) is 9.22. The van der Waals surface area contributed by atoms with E-state index >= 15 is 0 Å². The van der Waals surface area contributed by atoms with Gasteiger partial charge in [0.05, 0.1) is 28.3 Å². The SMILES string of the molecule is Clc1ccc2ncc(-c3cccc([C@H]4CCCN4)n3)n2c1. The molecule has 3 aromatic rings. The van der Waals surface area contributed by atoms with Crippen LogP contribution in [0.25, 0.3) is 17.0 Å². The zero-order valence-electron chi connectivity index (χ0n) is 11.5. The fraction of sp³-hybridized carbons (Fsp3) is 0.250. The van der Waals surface area contributed by atoms with E-state index in [4.69, 9.17) is 16.6 Å². The summed E-state index contributed by atoms with van der Waals surface area (Å²) >= 11 is 6.09. The van der Waals surface area contributed by atoms with Gasteiger partial charge in [0.25, 0.3) is 0 Å². The zero-order chi connectivity index (χ0) is 14.2. The summed E-state index contributed by atoms with van der Waals surface area (Å²) in [6.07, 6.45) is 6.08. The van der Waals surface area contributed by atoms with Crippen molar-refractivity contribution in [2.24, 2.45) is 0 Å². The summed E-state index contributed by atoms with van der Waals surface area (Å²) in [5.41, 5.74) is 3.87. The Labute approximate surface area is 127 Å². The molecule has 3 aromatic heterocycles. The van der Waals surface area contributed by atoms with Gasteiger partial charge < -0.3 is 5.32 Å². The molecular formula is C16H15ClN4. The first-order valence-corrected chi connectivity index (χ1v) is 7.52. The molecule has 5 heteroatoms. The lowest BCUT2D eigenvalue weighted by molar-refractivity contribution is 0.628. The van der Waals surface area contributed by atoms with Crippen molar-refractivity contribution in [3.05, 3.63) is 53.4 Å². The Balaban J connectivity index is 1.81. The van der Waals surface area contributed by atoms with E-state index in [1.54, 1.807) is 0 Å². The highest BCUT2D eigenvalue weighted by atomic mass is 35.5. The van der Waals surface area contributed by atoms with Crippen LogP contribution >= 0.6 is 11.6 Å². The Kier molecular flexibility index (Phi) is 3.13. The van der Waals surface area contributed by atoms with Crippen molar-refractivity contribution in [3.8, 4) is 11.4 Å². The molecule has 0 spiro atoms. The van der Waals surface area contributed by atoms with Crippen LogP contribution in [0.5, 0.6) is 0 Å². The van der Waals surface area contributed by atoms with Crippen LogP contribution in [-0.4, -0.2) is 20.9 Å². The normalized spacial score (nSPS) is 18.4. The molecular weight excluding hydrogens is 284 g/mol. The average Bonchev–Trinajstić information content (AvgIpc) is 3.16. The van der Waals surface area contributed by atoms with Crippen molar-refractivity contribution in [2.45, 2.75) is 18.9 Å². The zero-order valence-corrected chi connectivity index (χ0v) is 12.2. The third-order valence-electron chi connectivity index (χ3n) is 3.92. The van der Waals surface area contributed by atoms with Gasteiger partial charge in [-0.25, -0.2) is 9.97 Å². The molecule has 0 amide bonds. The summed E-state index contributed by atoms with van der Waals surface area (Å²) in [5, 5.41) is 4.18. The first-order valence-electron chi connectivity index (χ1n) is 7.14. The van der Waals surface area contributed by atoms with Gasteiger partial charge in [0.15, 0.2) is 0 Å². The topological polar surface area (TPSA) is 42.2 Å². The van der Waals surface area contributed by atoms with E-state index in [0.29, 0.717) is 11.1 Å². The smallest absolute Gasteiger partial charge is 0.137 e. The molecule has 1 atom stereocenters. The molecule has 0 saturated carbocycles. The number of rotatable bonds is 2. The van der Waals surface area contributed by atoms with E-state index in [-0.39, 0.29) is 0 Å². The number of halogens is 1. The fourth-order valence-corrected chi connectivity index (χ4v) is 3.03. The molecule has 1 aliphatic rings. The van der Waals surface area contributed by atoms with Gasteiger partial charge in [0, 0.05) is 12.2 Å².